The zero-order chi connectivity index (χ0) is 28.2. The molecule has 0 spiro atoms. The van der Waals surface area contributed by atoms with Gasteiger partial charge in [-0.2, -0.15) is 5.10 Å². The minimum absolute atomic E-state index is 0.0224. The molecule has 206 valence electrons. The Morgan fingerprint density at radius 1 is 1.19 bits per heavy atom. The van der Waals surface area contributed by atoms with Gasteiger partial charge in [0.2, 0.25) is 5.91 Å². The van der Waals surface area contributed by atoms with E-state index in [2.05, 4.69) is 33.6 Å². The molecule has 2 N–H and O–H groups in total. The van der Waals surface area contributed by atoms with E-state index in [0.29, 0.717) is 24.7 Å². The summed E-state index contributed by atoms with van der Waals surface area (Å²) in [4.78, 5) is 23.4. The second-order valence-electron chi connectivity index (χ2n) is 6.50. The zero-order valence-corrected chi connectivity index (χ0v) is 25.0. The monoisotopic (exact) mass is 542 g/mol. The molecular formula is C27H47ClN4O3S. The number of thioether (sulfide) groups is 1. The van der Waals surface area contributed by atoms with Gasteiger partial charge in [-0.3, -0.25) is 4.79 Å². The lowest BCUT2D eigenvalue weighted by atomic mass is 10.3. The van der Waals surface area contributed by atoms with E-state index in [1.807, 2.05) is 84.1 Å². The molecule has 0 aliphatic heterocycles. The number of ether oxygens (including phenoxy) is 1. The van der Waals surface area contributed by atoms with E-state index < -0.39 is 0 Å². The molecule has 0 aliphatic rings. The Bertz CT molecular complexity index is 739. The summed E-state index contributed by atoms with van der Waals surface area (Å²) >= 11 is 7.54. The van der Waals surface area contributed by atoms with E-state index in [1.165, 1.54) is 0 Å². The number of hydrazone groups is 1. The summed E-state index contributed by atoms with van der Waals surface area (Å²) in [6.07, 6.45) is 8.99. The zero-order valence-electron chi connectivity index (χ0n) is 23.4. The van der Waals surface area contributed by atoms with E-state index in [-0.39, 0.29) is 12.5 Å². The maximum atomic E-state index is 12.5. The number of carbonyl (C=O) groups is 2. The molecule has 1 amide bonds. The Morgan fingerprint density at radius 3 is 2.22 bits per heavy atom. The Kier molecular flexibility index (Phi) is 30.7. The summed E-state index contributed by atoms with van der Waals surface area (Å²) in [7, 11) is 1.68. The van der Waals surface area contributed by atoms with E-state index in [0.717, 1.165) is 29.3 Å². The van der Waals surface area contributed by atoms with Crippen molar-refractivity contribution in [1.82, 2.24) is 10.3 Å². The van der Waals surface area contributed by atoms with Crippen LogP contribution in [0.1, 0.15) is 48.0 Å². The molecule has 0 fully saturated rings. The molecule has 0 heterocycles. The molecule has 0 atom stereocenters. The second kappa shape index (κ2) is 28.9. The summed E-state index contributed by atoms with van der Waals surface area (Å²) in [6.45, 7) is 16.9. The Hall–Kier alpha value is -2.29. The van der Waals surface area contributed by atoms with Crippen molar-refractivity contribution in [1.29, 1.82) is 0 Å². The van der Waals surface area contributed by atoms with Crippen molar-refractivity contribution in [2.45, 2.75) is 48.0 Å². The van der Waals surface area contributed by atoms with Crippen LogP contribution >= 0.6 is 23.4 Å². The Labute approximate surface area is 228 Å². The van der Waals surface area contributed by atoms with Crippen LogP contribution in [0.5, 0.6) is 0 Å². The van der Waals surface area contributed by atoms with Crippen molar-refractivity contribution in [3.63, 3.8) is 0 Å². The largest absolute Gasteiger partial charge is 0.385 e. The maximum absolute atomic E-state index is 12.5. The summed E-state index contributed by atoms with van der Waals surface area (Å²) in [5.41, 5.74) is 4.76. The topological polar surface area (TPSA) is 83.0 Å². The fourth-order valence-electron chi connectivity index (χ4n) is 2.48. The molecule has 0 aliphatic carbocycles. The third-order valence-electron chi connectivity index (χ3n) is 4.19. The molecule has 1 aromatic carbocycles. The average Bonchev–Trinajstić information content (AvgIpc) is 2.92. The average molecular weight is 543 g/mol. The predicted octanol–water partition coefficient (Wildman–Crippen LogP) is 6.27. The summed E-state index contributed by atoms with van der Waals surface area (Å²) < 4.78 is 4.54. The minimum Gasteiger partial charge on any atom is -0.385 e. The van der Waals surface area contributed by atoms with Crippen molar-refractivity contribution < 1.29 is 14.3 Å². The summed E-state index contributed by atoms with van der Waals surface area (Å²) in [6, 6.07) is 7.53. The van der Waals surface area contributed by atoms with Gasteiger partial charge in [-0.15, -0.1) is 11.8 Å². The van der Waals surface area contributed by atoms with E-state index in [9.17, 15) is 4.79 Å². The first kappa shape index (κ1) is 38.2. The fourth-order valence-corrected chi connectivity index (χ4v) is 3.26. The molecule has 0 bridgehead atoms. The van der Waals surface area contributed by atoms with E-state index >= 15 is 0 Å². The first-order chi connectivity index (χ1) is 17.5. The van der Waals surface area contributed by atoms with Crippen molar-refractivity contribution >= 4 is 47.5 Å². The molecule has 0 aromatic heterocycles. The number of likely N-dealkylation sites (N-methyl/N-ethyl adjacent to an activating group) is 1. The maximum Gasteiger partial charge on any atom is 0.243 e. The fraction of sp³-hybridized carbons (Fsp3) is 0.519. The highest BCUT2D eigenvalue weighted by Crippen LogP contribution is 2.15. The number of rotatable bonds is 13. The van der Waals surface area contributed by atoms with Crippen LogP contribution in [-0.4, -0.2) is 69.5 Å². The predicted molar refractivity (Wildman–Crippen MR) is 160 cm³/mol. The molecule has 9 heteroatoms. The molecule has 0 saturated carbocycles. The molecule has 0 radical (unpaired) electrons. The van der Waals surface area contributed by atoms with Crippen LogP contribution in [0.4, 0.5) is 5.69 Å². The third kappa shape index (κ3) is 20.0. The standard InChI is InChI=1S/C21H31ClN4OS.C3H8O.C2H6.CH2O/c1-5-8-19(20(28-4)9-6-2)25-24-16-21(27)26(7-3)15-14-23-18-12-10-17(22)11-13-18;1-3-4-2;2*1-2/h5,8-13,23-24H,6-7,14-16H2,1-4H3;3H2,1-2H3;1-2H3;1H2/b8-5+,20-9-,25-19+;;;. The van der Waals surface area contributed by atoms with Crippen LogP contribution < -0.4 is 10.7 Å². The van der Waals surface area contributed by atoms with Crippen LogP contribution in [-0.2, 0) is 14.3 Å². The smallest absolute Gasteiger partial charge is 0.243 e. The minimum atomic E-state index is 0.0224. The number of benzene rings is 1. The number of carbonyl (C=O) groups excluding carboxylic acids is 2. The summed E-state index contributed by atoms with van der Waals surface area (Å²) in [5, 5.41) is 8.42. The van der Waals surface area contributed by atoms with Gasteiger partial charge < -0.3 is 25.2 Å². The van der Waals surface area contributed by atoms with Gasteiger partial charge in [0.15, 0.2) is 0 Å². The summed E-state index contributed by atoms with van der Waals surface area (Å²) in [5.74, 6) is 0.0224. The SMILES string of the molecule is C/C=C/C(=N\NCC(=O)N(CC)CCNc1ccc(Cl)cc1)C(=C/CC)/SC.C=O.CC.CCOC. The first-order valence-corrected chi connectivity index (χ1v) is 13.8. The van der Waals surface area contributed by atoms with Gasteiger partial charge >= 0.3 is 0 Å². The van der Waals surface area contributed by atoms with Gasteiger partial charge in [-0.1, -0.05) is 44.5 Å². The number of anilines is 1. The van der Waals surface area contributed by atoms with Crippen LogP contribution in [0.25, 0.3) is 0 Å². The number of amides is 1. The Balaban J connectivity index is -0.00000121. The number of allylic oxidation sites excluding steroid dienone is 4. The molecule has 0 saturated heterocycles. The van der Waals surface area contributed by atoms with Crippen molar-refractivity contribution in [3.8, 4) is 0 Å². The molecule has 1 aromatic rings. The van der Waals surface area contributed by atoms with Crippen molar-refractivity contribution in [3.05, 3.63) is 52.4 Å². The lowest BCUT2D eigenvalue weighted by Gasteiger charge is -2.21. The van der Waals surface area contributed by atoms with Crippen LogP contribution in [0.15, 0.2) is 52.5 Å². The van der Waals surface area contributed by atoms with Gasteiger partial charge in [-0.05, 0) is 63.8 Å². The number of hydrogen-bond acceptors (Lipinski definition) is 7. The molecule has 0 unspecified atom stereocenters. The quantitative estimate of drug-likeness (QED) is 0.226. The number of nitrogens with one attached hydrogen (secondary N) is 2. The molecular weight excluding hydrogens is 496 g/mol. The van der Waals surface area contributed by atoms with Crippen LogP contribution in [0.2, 0.25) is 5.02 Å². The first-order valence-electron chi connectivity index (χ1n) is 12.2. The van der Waals surface area contributed by atoms with Crippen molar-refractivity contribution in [2.24, 2.45) is 5.10 Å². The highest BCUT2D eigenvalue weighted by molar-refractivity contribution is 8.03. The number of hydrogen-bond donors (Lipinski definition) is 2. The van der Waals surface area contributed by atoms with Gasteiger partial charge in [0.25, 0.3) is 0 Å². The number of halogens is 1. The van der Waals surface area contributed by atoms with Crippen LogP contribution in [0.3, 0.4) is 0 Å². The second-order valence-corrected chi connectivity index (χ2v) is 7.78. The van der Waals surface area contributed by atoms with Gasteiger partial charge in [0.1, 0.15) is 13.3 Å². The van der Waals surface area contributed by atoms with E-state index in [1.54, 1.807) is 23.8 Å². The Morgan fingerprint density at radius 2 is 1.78 bits per heavy atom. The lowest BCUT2D eigenvalue weighted by molar-refractivity contribution is -0.129. The molecule has 36 heavy (non-hydrogen) atoms. The van der Waals surface area contributed by atoms with Gasteiger partial charge in [-0.25, -0.2) is 0 Å². The molecule has 1 rings (SSSR count). The van der Waals surface area contributed by atoms with Crippen molar-refractivity contribution in [2.75, 3.05) is 51.5 Å². The highest BCUT2D eigenvalue weighted by Gasteiger charge is 2.11. The third-order valence-corrected chi connectivity index (χ3v) is 5.26. The number of nitrogens with zero attached hydrogens (tertiary/aromatic N) is 2. The van der Waals surface area contributed by atoms with Gasteiger partial charge in [0, 0.05) is 49.0 Å². The highest BCUT2D eigenvalue weighted by atomic mass is 35.5. The van der Waals surface area contributed by atoms with Crippen LogP contribution in [0, 0.1) is 0 Å². The normalized spacial score (nSPS) is 10.7. The lowest BCUT2D eigenvalue weighted by Crippen LogP contribution is -2.39. The number of methoxy groups -OCH3 is 1. The molecule has 7 nitrogen and oxygen atoms in total. The van der Waals surface area contributed by atoms with E-state index in [4.69, 9.17) is 16.4 Å². The van der Waals surface area contributed by atoms with Gasteiger partial charge in [0.05, 0.1) is 5.71 Å².